The third kappa shape index (κ3) is 3.70. The summed E-state index contributed by atoms with van der Waals surface area (Å²) in [6.07, 6.45) is 1.92. The largest absolute Gasteiger partial charge is 0.385 e. The Hall–Kier alpha value is -1.10. The van der Waals surface area contributed by atoms with E-state index in [-0.39, 0.29) is 0 Å². The van der Waals surface area contributed by atoms with Gasteiger partial charge in [-0.2, -0.15) is 0 Å². The summed E-state index contributed by atoms with van der Waals surface area (Å²) in [5.41, 5.74) is 1.96. The van der Waals surface area contributed by atoms with Gasteiger partial charge in [-0.1, -0.05) is 11.6 Å². The maximum Gasteiger partial charge on any atom is 0.108 e. The Morgan fingerprint density at radius 3 is 3.11 bits per heavy atom. The molecule has 1 heterocycles. The highest BCUT2D eigenvalue weighted by molar-refractivity contribution is 6.31. The molecule has 98 valence electrons. The van der Waals surface area contributed by atoms with Gasteiger partial charge in [0.2, 0.25) is 0 Å². The molecule has 2 N–H and O–H groups in total. The van der Waals surface area contributed by atoms with Gasteiger partial charge in [-0.05, 0) is 31.2 Å². The molecule has 0 spiro atoms. The van der Waals surface area contributed by atoms with E-state index >= 15 is 0 Å². The van der Waals surface area contributed by atoms with Crippen LogP contribution in [0.4, 0.5) is 0 Å². The molecule has 0 atom stereocenters. The molecule has 5 heteroatoms. The van der Waals surface area contributed by atoms with E-state index in [9.17, 15) is 0 Å². The lowest BCUT2D eigenvalue weighted by Gasteiger charge is -2.02. The monoisotopic (exact) mass is 267 g/mol. The smallest absolute Gasteiger partial charge is 0.108 e. The molecule has 0 fully saturated rings. The van der Waals surface area contributed by atoms with Crippen molar-refractivity contribution in [3.63, 3.8) is 0 Å². The van der Waals surface area contributed by atoms with Crippen LogP contribution in [0, 0.1) is 0 Å². The first-order valence-electron chi connectivity index (χ1n) is 6.13. The number of aromatic nitrogens is 2. The number of ether oxygens (including phenoxy) is 1. The molecular weight excluding hydrogens is 250 g/mol. The third-order valence-corrected chi connectivity index (χ3v) is 2.97. The molecule has 0 saturated heterocycles. The molecule has 2 aromatic rings. The van der Waals surface area contributed by atoms with Gasteiger partial charge in [-0.25, -0.2) is 4.98 Å². The number of hydrogen-bond donors (Lipinski definition) is 2. The average molecular weight is 268 g/mol. The summed E-state index contributed by atoms with van der Waals surface area (Å²) in [5, 5.41) is 4.09. The molecule has 0 aliphatic rings. The number of halogens is 1. The Labute approximate surface area is 112 Å². The molecule has 0 aliphatic heterocycles. The summed E-state index contributed by atoms with van der Waals surface area (Å²) in [4.78, 5) is 7.79. The van der Waals surface area contributed by atoms with Gasteiger partial charge in [0.05, 0.1) is 11.0 Å². The minimum Gasteiger partial charge on any atom is -0.385 e. The van der Waals surface area contributed by atoms with E-state index in [0.717, 1.165) is 54.4 Å². The first-order valence-corrected chi connectivity index (χ1v) is 6.51. The summed E-state index contributed by atoms with van der Waals surface area (Å²) in [7, 11) is 1.72. The minimum atomic E-state index is 0.732. The van der Waals surface area contributed by atoms with Gasteiger partial charge in [-0.15, -0.1) is 0 Å². The van der Waals surface area contributed by atoms with Crippen molar-refractivity contribution in [1.82, 2.24) is 15.3 Å². The standard InChI is InChI=1S/C13H18ClN3O/c1-18-8-2-6-15-7-5-13-16-11-4-3-10(14)9-12(11)17-13/h3-4,9,15H,2,5-8H2,1H3,(H,16,17). The van der Waals surface area contributed by atoms with Crippen LogP contribution in [0.5, 0.6) is 0 Å². The van der Waals surface area contributed by atoms with Crippen LogP contribution in [-0.4, -0.2) is 36.8 Å². The van der Waals surface area contributed by atoms with E-state index < -0.39 is 0 Å². The number of imidazole rings is 1. The molecular formula is C13H18ClN3O. The summed E-state index contributed by atoms with van der Waals surface area (Å²) in [6, 6.07) is 5.70. The van der Waals surface area contributed by atoms with Crippen molar-refractivity contribution in [3.8, 4) is 0 Å². The normalized spacial score (nSPS) is 11.2. The first kappa shape index (κ1) is 13.3. The number of nitrogens with one attached hydrogen (secondary N) is 2. The van der Waals surface area contributed by atoms with Gasteiger partial charge in [0.15, 0.2) is 0 Å². The molecule has 4 nitrogen and oxygen atoms in total. The number of fused-ring (bicyclic) bond motifs is 1. The zero-order chi connectivity index (χ0) is 12.8. The fourth-order valence-electron chi connectivity index (χ4n) is 1.83. The number of methoxy groups -OCH3 is 1. The number of benzene rings is 1. The van der Waals surface area contributed by atoms with Crippen molar-refractivity contribution >= 4 is 22.6 Å². The Morgan fingerprint density at radius 2 is 2.28 bits per heavy atom. The van der Waals surface area contributed by atoms with Crippen LogP contribution in [0.1, 0.15) is 12.2 Å². The lowest BCUT2D eigenvalue weighted by molar-refractivity contribution is 0.194. The van der Waals surface area contributed by atoms with Gasteiger partial charge < -0.3 is 15.0 Å². The number of nitrogens with zero attached hydrogens (tertiary/aromatic N) is 1. The maximum atomic E-state index is 5.93. The van der Waals surface area contributed by atoms with Gasteiger partial charge in [0.1, 0.15) is 5.82 Å². The quantitative estimate of drug-likeness (QED) is 0.758. The summed E-state index contributed by atoms with van der Waals surface area (Å²) in [6.45, 7) is 2.69. The highest BCUT2D eigenvalue weighted by Crippen LogP contribution is 2.17. The van der Waals surface area contributed by atoms with Crippen molar-refractivity contribution in [2.45, 2.75) is 12.8 Å². The summed E-state index contributed by atoms with van der Waals surface area (Å²) in [5.74, 6) is 0.992. The van der Waals surface area contributed by atoms with Crippen LogP contribution >= 0.6 is 11.6 Å². The van der Waals surface area contributed by atoms with E-state index in [1.54, 1.807) is 7.11 Å². The molecule has 0 unspecified atom stereocenters. The van der Waals surface area contributed by atoms with Gasteiger partial charge in [0.25, 0.3) is 0 Å². The van der Waals surface area contributed by atoms with Crippen molar-refractivity contribution < 1.29 is 4.74 Å². The van der Waals surface area contributed by atoms with Crippen molar-refractivity contribution in [2.75, 3.05) is 26.8 Å². The third-order valence-electron chi connectivity index (χ3n) is 2.73. The number of H-pyrrole nitrogens is 1. The first-order chi connectivity index (χ1) is 8.79. The summed E-state index contributed by atoms with van der Waals surface area (Å²) >= 11 is 5.93. The fourth-order valence-corrected chi connectivity index (χ4v) is 2.00. The molecule has 18 heavy (non-hydrogen) atoms. The number of aromatic amines is 1. The highest BCUT2D eigenvalue weighted by Gasteiger charge is 2.02. The Morgan fingerprint density at radius 1 is 1.39 bits per heavy atom. The number of hydrogen-bond acceptors (Lipinski definition) is 3. The Balaban J connectivity index is 1.81. The predicted molar refractivity (Wildman–Crippen MR) is 74.2 cm³/mol. The fraction of sp³-hybridized carbons (Fsp3) is 0.462. The van der Waals surface area contributed by atoms with E-state index in [1.807, 2.05) is 18.2 Å². The Kier molecular flexibility index (Phi) is 4.99. The predicted octanol–water partition coefficient (Wildman–Crippen LogP) is 2.38. The minimum absolute atomic E-state index is 0.732. The van der Waals surface area contributed by atoms with E-state index in [1.165, 1.54) is 0 Å². The van der Waals surface area contributed by atoms with Gasteiger partial charge >= 0.3 is 0 Å². The molecule has 0 saturated carbocycles. The van der Waals surface area contributed by atoms with Crippen molar-refractivity contribution in [3.05, 3.63) is 29.0 Å². The number of rotatable bonds is 7. The molecule has 0 aliphatic carbocycles. The van der Waals surface area contributed by atoms with Crippen LogP contribution < -0.4 is 5.32 Å². The average Bonchev–Trinajstić information content (AvgIpc) is 2.75. The maximum absolute atomic E-state index is 5.93. The molecule has 0 radical (unpaired) electrons. The zero-order valence-corrected chi connectivity index (χ0v) is 11.3. The Bertz CT molecular complexity index is 498. The second-order valence-electron chi connectivity index (χ2n) is 4.19. The van der Waals surface area contributed by atoms with E-state index in [0.29, 0.717) is 0 Å². The summed E-state index contributed by atoms with van der Waals surface area (Å²) < 4.78 is 4.99. The van der Waals surface area contributed by atoms with Gasteiger partial charge in [0, 0.05) is 31.7 Å². The molecule has 0 bridgehead atoms. The molecule has 0 amide bonds. The zero-order valence-electron chi connectivity index (χ0n) is 10.5. The lowest BCUT2D eigenvalue weighted by Crippen LogP contribution is -2.19. The molecule has 2 rings (SSSR count). The van der Waals surface area contributed by atoms with Crippen LogP contribution in [-0.2, 0) is 11.2 Å². The lowest BCUT2D eigenvalue weighted by atomic mass is 10.3. The SMILES string of the molecule is COCCCNCCc1nc2ccc(Cl)cc2[nH]1. The van der Waals surface area contributed by atoms with Crippen molar-refractivity contribution in [1.29, 1.82) is 0 Å². The second-order valence-corrected chi connectivity index (χ2v) is 4.63. The van der Waals surface area contributed by atoms with Gasteiger partial charge in [-0.3, -0.25) is 0 Å². The van der Waals surface area contributed by atoms with Crippen molar-refractivity contribution in [2.24, 2.45) is 0 Å². The van der Waals surface area contributed by atoms with Crippen LogP contribution in [0.25, 0.3) is 11.0 Å². The highest BCUT2D eigenvalue weighted by atomic mass is 35.5. The van der Waals surface area contributed by atoms with E-state index in [2.05, 4.69) is 15.3 Å². The van der Waals surface area contributed by atoms with E-state index in [4.69, 9.17) is 16.3 Å². The molecule has 1 aromatic carbocycles. The molecule has 1 aromatic heterocycles. The van der Waals surface area contributed by atoms with Crippen LogP contribution in [0.15, 0.2) is 18.2 Å². The second kappa shape index (κ2) is 6.73. The van der Waals surface area contributed by atoms with Crippen LogP contribution in [0.3, 0.4) is 0 Å². The van der Waals surface area contributed by atoms with Crippen LogP contribution in [0.2, 0.25) is 5.02 Å². The topological polar surface area (TPSA) is 49.9 Å².